The highest BCUT2D eigenvalue weighted by Crippen LogP contribution is 2.31. The van der Waals surface area contributed by atoms with Crippen LogP contribution in [0.15, 0.2) is 71.6 Å². The molecular weight excluding hydrogens is 458 g/mol. The third-order valence-electron chi connectivity index (χ3n) is 5.45. The van der Waals surface area contributed by atoms with Crippen LogP contribution in [0.2, 0.25) is 5.02 Å². The molecule has 5 nitrogen and oxygen atoms in total. The summed E-state index contributed by atoms with van der Waals surface area (Å²) in [7, 11) is 1.58. The van der Waals surface area contributed by atoms with E-state index in [0.717, 1.165) is 15.8 Å². The Morgan fingerprint density at radius 1 is 0.970 bits per heavy atom. The molecule has 0 N–H and O–H groups in total. The highest BCUT2D eigenvalue weighted by molar-refractivity contribution is 7.98. The Morgan fingerprint density at radius 2 is 1.64 bits per heavy atom. The van der Waals surface area contributed by atoms with Crippen LogP contribution in [0.3, 0.4) is 0 Å². The molecule has 0 fully saturated rings. The first-order valence-electron chi connectivity index (χ1n) is 10.2. The van der Waals surface area contributed by atoms with Crippen LogP contribution in [0.1, 0.15) is 21.6 Å². The molecule has 0 saturated carbocycles. The molecule has 0 unspecified atom stereocenters. The molecule has 0 spiro atoms. The number of hydrogen-bond donors (Lipinski definition) is 0. The van der Waals surface area contributed by atoms with Crippen molar-refractivity contribution in [2.75, 3.05) is 13.4 Å². The fourth-order valence-electron chi connectivity index (χ4n) is 3.75. The van der Waals surface area contributed by atoms with Gasteiger partial charge in [0, 0.05) is 26.6 Å². The molecule has 1 heterocycles. The molecule has 33 heavy (non-hydrogen) atoms. The van der Waals surface area contributed by atoms with Crippen molar-refractivity contribution in [1.29, 1.82) is 0 Å². The third kappa shape index (κ3) is 4.77. The minimum Gasteiger partial charge on any atom is -0.497 e. The molecule has 0 aliphatic heterocycles. The number of thioether (sulfide) groups is 1. The van der Waals surface area contributed by atoms with Crippen molar-refractivity contribution in [3.63, 3.8) is 0 Å². The van der Waals surface area contributed by atoms with Crippen LogP contribution in [-0.2, 0) is 11.2 Å². The molecule has 0 bridgehead atoms. The summed E-state index contributed by atoms with van der Waals surface area (Å²) in [5, 5.41) is 1.32. The van der Waals surface area contributed by atoms with Crippen molar-refractivity contribution in [2.45, 2.75) is 18.2 Å². The molecule has 4 rings (SSSR count). The van der Waals surface area contributed by atoms with Crippen molar-refractivity contribution >= 4 is 46.1 Å². The first-order chi connectivity index (χ1) is 15.9. The number of nitrogens with zero attached hydrogens (tertiary/aromatic N) is 1. The summed E-state index contributed by atoms with van der Waals surface area (Å²) in [6.45, 7) is 1.83. The number of ether oxygens (including phenoxy) is 2. The van der Waals surface area contributed by atoms with Gasteiger partial charge in [0.1, 0.15) is 11.5 Å². The second-order valence-corrected chi connectivity index (χ2v) is 8.74. The van der Waals surface area contributed by atoms with E-state index in [2.05, 4.69) is 0 Å². The van der Waals surface area contributed by atoms with Gasteiger partial charge in [0.05, 0.1) is 19.0 Å². The van der Waals surface area contributed by atoms with Gasteiger partial charge in [0.2, 0.25) is 0 Å². The van der Waals surface area contributed by atoms with Gasteiger partial charge in [-0.1, -0.05) is 11.6 Å². The second-order valence-electron chi connectivity index (χ2n) is 7.42. The van der Waals surface area contributed by atoms with E-state index in [0.29, 0.717) is 33.3 Å². The quantitative estimate of drug-likeness (QED) is 0.188. The van der Waals surface area contributed by atoms with Crippen molar-refractivity contribution in [1.82, 2.24) is 4.57 Å². The van der Waals surface area contributed by atoms with Crippen molar-refractivity contribution in [3.05, 3.63) is 88.6 Å². The number of esters is 1. The molecule has 168 valence electrons. The van der Waals surface area contributed by atoms with Crippen molar-refractivity contribution in [3.8, 4) is 11.5 Å². The zero-order valence-electron chi connectivity index (χ0n) is 18.4. The lowest BCUT2D eigenvalue weighted by Crippen LogP contribution is -2.15. The molecule has 0 radical (unpaired) electrons. The van der Waals surface area contributed by atoms with Gasteiger partial charge in [-0.05, 0) is 85.5 Å². The predicted octanol–water partition coefficient (Wildman–Crippen LogP) is 6.17. The number of methoxy groups -OCH3 is 1. The van der Waals surface area contributed by atoms with Crippen LogP contribution >= 0.6 is 23.4 Å². The standard InChI is InChI=1S/C26H22ClNO4S/c1-16-22(15-25(29)32-19-8-11-21(33-3)12-9-19)23-14-20(31-2)10-13-24(23)28(16)26(30)17-4-6-18(27)7-5-17/h4-14H,15H2,1-3H3. The molecule has 0 atom stereocenters. The van der Waals surface area contributed by atoms with E-state index in [9.17, 15) is 9.59 Å². The van der Waals surface area contributed by atoms with E-state index < -0.39 is 5.97 Å². The van der Waals surface area contributed by atoms with E-state index in [1.54, 1.807) is 65.9 Å². The average molecular weight is 480 g/mol. The molecule has 7 heteroatoms. The number of fused-ring (bicyclic) bond motifs is 1. The summed E-state index contributed by atoms with van der Waals surface area (Å²) in [4.78, 5) is 27.3. The van der Waals surface area contributed by atoms with E-state index in [1.165, 1.54) is 0 Å². The van der Waals surface area contributed by atoms with Crippen LogP contribution in [0, 0.1) is 6.92 Å². The molecule has 0 saturated heterocycles. The number of benzene rings is 3. The monoisotopic (exact) mass is 479 g/mol. The summed E-state index contributed by atoms with van der Waals surface area (Å²) in [5.41, 5.74) is 2.59. The molecular formula is C26H22ClNO4S. The Hall–Kier alpha value is -3.22. The number of carbonyl (C=O) groups is 2. The van der Waals surface area contributed by atoms with Gasteiger partial charge in [-0.15, -0.1) is 11.8 Å². The SMILES string of the molecule is COc1ccc2c(c1)c(CC(=O)Oc1ccc(SC)cc1)c(C)n2C(=O)c1ccc(Cl)cc1. The Labute approximate surface area is 201 Å². The minimum absolute atomic E-state index is 0.0146. The van der Waals surface area contributed by atoms with Crippen LogP contribution in [-0.4, -0.2) is 29.8 Å². The number of hydrogen-bond acceptors (Lipinski definition) is 5. The topological polar surface area (TPSA) is 57.5 Å². The molecule has 0 aliphatic rings. The van der Waals surface area contributed by atoms with E-state index in [-0.39, 0.29) is 12.3 Å². The maximum Gasteiger partial charge on any atom is 0.315 e. The summed E-state index contributed by atoms with van der Waals surface area (Å²) in [6.07, 6.45) is 2.00. The number of aromatic nitrogens is 1. The number of rotatable bonds is 6. The van der Waals surface area contributed by atoms with E-state index >= 15 is 0 Å². The van der Waals surface area contributed by atoms with Crippen LogP contribution in [0.4, 0.5) is 0 Å². The molecule has 4 aromatic rings. The molecule has 3 aromatic carbocycles. The largest absolute Gasteiger partial charge is 0.497 e. The van der Waals surface area contributed by atoms with Crippen LogP contribution < -0.4 is 9.47 Å². The van der Waals surface area contributed by atoms with Gasteiger partial charge < -0.3 is 9.47 Å². The zero-order chi connectivity index (χ0) is 23.5. The molecule has 0 amide bonds. The Kier molecular flexibility index (Phi) is 6.77. The third-order valence-corrected chi connectivity index (χ3v) is 6.44. The fourth-order valence-corrected chi connectivity index (χ4v) is 4.29. The molecule has 0 aliphatic carbocycles. The summed E-state index contributed by atoms with van der Waals surface area (Å²) in [5.74, 6) is 0.511. The number of carbonyl (C=O) groups excluding carboxylic acids is 2. The maximum absolute atomic E-state index is 13.4. The van der Waals surface area contributed by atoms with Gasteiger partial charge in [-0.25, -0.2) is 0 Å². The van der Waals surface area contributed by atoms with Crippen LogP contribution in [0.25, 0.3) is 10.9 Å². The van der Waals surface area contributed by atoms with Crippen molar-refractivity contribution in [2.24, 2.45) is 0 Å². The predicted molar refractivity (Wildman–Crippen MR) is 132 cm³/mol. The van der Waals surface area contributed by atoms with Gasteiger partial charge in [0.15, 0.2) is 0 Å². The van der Waals surface area contributed by atoms with E-state index in [1.807, 2.05) is 37.4 Å². The normalized spacial score (nSPS) is 10.9. The summed E-state index contributed by atoms with van der Waals surface area (Å²) >= 11 is 7.60. The summed E-state index contributed by atoms with van der Waals surface area (Å²) < 4.78 is 12.6. The van der Waals surface area contributed by atoms with Gasteiger partial charge in [-0.3, -0.25) is 14.2 Å². The first-order valence-corrected chi connectivity index (χ1v) is 11.8. The lowest BCUT2D eigenvalue weighted by Gasteiger charge is -2.08. The van der Waals surface area contributed by atoms with Crippen LogP contribution in [0.5, 0.6) is 11.5 Å². The smallest absolute Gasteiger partial charge is 0.315 e. The lowest BCUT2D eigenvalue weighted by atomic mass is 10.1. The van der Waals surface area contributed by atoms with E-state index in [4.69, 9.17) is 21.1 Å². The maximum atomic E-state index is 13.4. The first kappa shape index (κ1) is 23.0. The Morgan fingerprint density at radius 3 is 2.27 bits per heavy atom. The van der Waals surface area contributed by atoms with Gasteiger partial charge >= 0.3 is 5.97 Å². The fraction of sp³-hybridized carbons (Fsp3) is 0.154. The van der Waals surface area contributed by atoms with Crippen molar-refractivity contribution < 1.29 is 19.1 Å². The average Bonchev–Trinajstić information content (AvgIpc) is 3.10. The Balaban J connectivity index is 1.72. The summed E-state index contributed by atoms with van der Waals surface area (Å²) in [6, 6.07) is 19.5. The highest BCUT2D eigenvalue weighted by Gasteiger charge is 2.22. The van der Waals surface area contributed by atoms with Gasteiger partial charge in [-0.2, -0.15) is 0 Å². The Bertz CT molecular complexity index is 1330. The second kappa shape index (κ2) is 9.73. The minimum atomic E-state index is -0.407. The lowest BCUT2D eigenvalue weighted by molar-refractivity contribution is -0.133. The van der Waals surface area contributed by atoms with Gasteiger partial charge in [0.25, 0.3) is 5.91 Å². The highest BCUT2D eigenvalue weighted by atomic mass is 35.5. The number of halogens is 1. The molecule has 1 aromatic heterocycles. The zero-order valence-corrected chi connectivity index (χ0v) is 20.0.